The van der Waals surface area contributed by atoms with Crippen LogP contribution in [0.2, 0.25) is 0 Å². The van der Waals surface area contributed by atoms with Crippen LogP contribution in [-0.4, -0.2) is 14.5 Å². The molecule has 0 aromatic carbocycles. The van der Waals surface area contributed by atoms with Crippen LogP contribution in [0.4, 0.5) is 0 Å². The number of hydrogen-bond acceptors (Lipinski definition) is 2. The molecule has 0 fully saturated rings. The van der Waals surface area contributed by atoms with Crippen molar-refractivity contribution in [2.24, 2.45) is 0 Å². The Labute approximate surface area is 93.4 Å². The molecule has 0 aliphatic heterocycles. The molecule has 0 radical (unpaired) electrons. The molecule has 3 rings (SSSR count). The maximum absolute atomic E-state index is 4.41. The highest BCUT2D eigenvalue weighted by atomic mass is 15.1. The molecule has 0 unspecified atom stereocenters. The van der Waals surface area contributed by atoms with E-state index in [1.165, 1.54) is 5.39 Å². The summed E-state index contributed by atoms with van der Waals surface area (Å²) in [6.45, 7) is 2.06. The molecule has 3 heterocycles. The topological polar surface area (TPSA) is 30.7 Å². The second-order valence-electron chi connectivity index (χ2n) is 3.76. The SMILES string of the molecule is Cc1cccnc1-n1ccc2ccncc21. The predicted octanol–water partition coefficient (Wildman–Crippen LogP) is 2.73. The van der Waals surface area contributed by atoms with Gasteiger partial charge in [-0.05, 0) is 30.7 Å². The van der Waals surface area contributed by atoms with Crippen LogP contribution < -0.4 is 0 Å². The predicted molar refractivity (Wildman–Crippen MR) is 63.6 cm³/mol. The molecule has 0 saturated heterocycles. The first-order chi connectivity index (χ1) is 7.86. The Bertz CT molecular complexity index is 640. The van der Waals surface area contributed by atoms with Gasteiger partial charge in [-0.3, -0.25) is 9.55 Å². The first kappa shape index (κ1) is 9.09. The fraction of sp³-hybridized carbons (Fsp3) is 0.0769. The molecule has 78 valence electrons. The molecule has 0 amide bonds. The van der Waals surface area contributed by atoms with Crippen molar-refractivity contribution in [3.63, 3.8) is 0 Å². The average molecular weight is 209 g/mol. The summed E-state index contributed by atoms with van der Waals surface area (Å²) in [6, 6.07) is 8.09. The molecule has 3 aromatic heterocycles. The number of pyridine rings is 2. The van der Waals surface area contributed by atoms with Gasteiger partial charge in [0.2, 0.25) is 0 Å². The van der Waals surface area contributed by atoms with E-state index in [1.54, 1.807) is 6.20 Å². The van der Waals surface area contributed by atoms with Gasteiger partial charge < -0.3 is 0 Å². The first-order valence-corrected chi connectivity index (χ1v) is 5.19. The molecular weight excluding hydrogens is 198 g/mol. The van der Waals surface area contributed by atoms with Gasteiger partial charge in [-0.25, -0.2) is 4.98 Å². The first-order valence-electron chi connectivity index (χ1n) is 5.19. The number of aromatic nitrogens is 3. The quantitative estimate of drug-likeness (QED) is 0.617. The zero-order chi connectivity index (χ0) is 11.0. The molecule has 3 heteroatoms. The van der Waals surface area contributed by atoms with Crippen molar-refractivity contribution < 1.29 is 0 Å². The normalized spacial score (nSPS) is 10.8. The van der Waals surface area contributed by atoms with Gasteiger partial charge in [0, 0.05) is 24.0 Å². The van der Waals surface area contributed by atoms with Crippen molar-refractivity contribution in [1.82, 2.24) is 14.5 Å². The standard InChI is InChI=1S/C13H11N3/c1-10-3-2-6-15-13(10)16-8-5-11-4-7-14-9-12(11)16/h2-9H,1H3. The van der Waals surface area contributed by atoms with E-state index in [1.807, 2.05) is 30.7 Å². The lowest BCUT2D eigenvalue weighted by Crippen LogP contribution is -1.98. The van der Waals surface area contributed by atoms with E-state index < -0.39 is 0 Å². The van der Waals surface area contributed by atoms with E-state index in [2.05, 4.69) is 33.6 Å². The van der Waals surface area contributed by atoms with Gasteiger partial charge in [-0.15, -0.1) is 0 Å². The summed E-state index contributed by atoms with van der Waals surface area (Å²) < 4.78 is 2.07. The third kappa shape index (κ3) is 1.29. The van der Waals surface area contributed by atoms with Gasteiger partial charge in [-0.1, -0.05) is 6.07 Å². The van der Waals surface area contributed by atoms with Gasteiger partial charge in [0.15, 0.2) is 0 Å². The summed E-state index contributed by atoms with van der Waals surface area (Å²) >= 11 is 0. The van der Waals surface area contributed by atoms with Crippen molar-refractivity contribution in [1.29, 1.82) is 0 Å². The second-order valence-corrected chi connectivity index (χ2v) is 3.76. The lowest BCUT2D eigenvalue weighted by atomic mass is 10.3. The lowest BCUT2D eigenvalue weighted by molar-refractivity contribution is 1.02. The van der Waals surface area contributed by atoms with Gasteiger partial charge in [0.25, 0.3) is 0 Å². The minimum Gasteiger partial charge on any atom is -0.299 e. The van der Waals surface area contributed by atoms with Gasteiger partial charge in [0.1, 0.15) is 5.82 Å². The molecule has 3 nitrogen and oxygen atoms in total. The molecule has 3 aromatic rings. The summed E-state index contributed by atoms with van der Waals surface area (Å²) in [5, 5.41) is 1.18. The summed E-state index contributed by atoms with van der Waals surface area (Å²) in [7, 11) is 0. The summed E-state index contributed by atoms with van der Waals surface area (Å²) in [5.74, 6) is 0.963. The highest BCUT2D eigenvalue weighted by Crippen LogP contribution is 2.19. The summed E-state index contributed by atoms with van der Waals surface area (Å²) in [5.41, 5.74) is 2.24. The molecular formula is C13H11N3. The maximum Gasteiger partial charge on any atom is 0.140 e. The number of fused-ring (bicyclic) bond motifs is 1. The Balaban J connectivity index is 2.31. The molecule has 0 aliphatic carbocycles. The smallest absolute Gasteiger partial charge is 0.140 e. The zero-order valence-corrected chi connectivity index (χ0v) is 8.96. The summed E-state index contributed by atoms with van der Waals surface area (Å²) in [6.07, 6.45) is 7.51. The Hall–Kier alpha value is -2.16. The fourth-order valence-corrected chi connectivity index (χ4v) is 1.89. The van der Waals surface area contributed by atoms with Crippen molar-refractivity contribution >= 4 is 10.9 Å². The lowest BCUT2D eigenvalue weighted by Gasteiger charge is -2.06. The van der Waals surface area contributed by atoms with Crippen LogP contribution in [0.15, 0.2) is 49.1 Å². The highest BCUT2D eigenvalue weighted by molar-refractivity contribution is 5.80. The monoisotopic (exact) mass is 209 g/mol. The van der Waals surface area contributed by atoms with Crippen LogP contribution in [0.5, 0.6) is 0 Å². The minimum atomic E-state index is 0.963. The number of nitrogens with zero attached hydrogens (tertiary/aromatic N) is 3. The average Bonchev–Trinajstić information content (AvgIpc) is 2.74. The molecule has 0 aliphatic rings. The van der Waals surface area contributed by atoms with Crippen LogP contribution in [0.3, 0.4) is 0 Å². The molecule has 16 heavy (non-hydrogen) atoms. The van der Waals surface area contributed by atoms with E-state index in [9.17, 15) is 0 Å². The Morgan fingerprint density at radius 3 is 2.94 bits per heavy atom. The van der Waals surface area contributed by atoms with Crippen LogP contribution >= 0.6 is 0 Å². The molecule has 0 N–H and O–H groups in total. The van der Waals surface area contributed by atoms with Crippen LogP contribution in [0.25, 0.3) is 16.7 Å². The van der Waals surface area contributed by atoms with E-state index in [4.69, 9.17) is 0 Å². The maximum atomic E-state index is 4.41. The Morgan fingerprint density at radius 2 is 2.06 bits per heavy atom. The van der Waals surface area contributed by atoms with Gasteiger partial charge in [0.05, 0.1) is 11.7 Å². The van der Waals surface area contributed by atoms with Crippen molar-refractivity contribution in [3.8, 4) is 5.82 Å². The van der Waals surface area contributed by atoms with E-state index >= 15 is 0 Å². The van der Waals surface area contributed by atoms with Gasteiger partial charge >= 0.3 is 0 Å². The van der Waals surface area contributed by atoms with Crippen LogP contribution in [0.1, 0.15) is 5.56 Å². The van der Waals surface area contributed by atoms with Gasteiger partial charge in [-0.2, -0.15) is 0 Å². The van der Waals surface area contributed by atoms with Crippen LogP contribution in [0, 0.1) is 6.92 Å². The summed E-state index contributed by atoms with van der Waals surface area (Å²) in [4.78, 5) is 8.56. The molecule has 0 atom stereocenters. The number of aryl methyl sites for hydroxylation is 1. The van der Waals surface area contributed by atoms with Crippen molar-refractivity contribution in [3.05, 3.63) is 54.6 Å². The van der Waals surface area contributed by atoms with E-state index in [0.717, 1.165) is 16.9 Å². The Morgan fingerprint density at radius 1 is 1.12 bits per heavy atom. The number of rotatable bonds is 1. The zero-order valence-electron chi connectivity index (χ0n) is 8.96. The minimum absolute atomic E-state index is 0.963. The fourth-order valence-electron chi connectivity index (χ4n) is 1.89. The van der Waals surface area contributed by atoms with E-state index in [0.29, 0.717) is 0 Å². The third-order valence-electron chi connectivity index (χ3n) is 2.71. The van der Waals surface area contributed by atoms with Crippen molar-refractivity contribution in [2.45, 2.75) is 6.92 Å². The highest BCUT2D eigenvalue weighted by Gasteiger charge is 2.05. The number of hydrogen-bond donors (Lipinski definition) is 0. The van der Waals surface area contributed by atoms with E-state index in [-0.39, 0.29) is 0 Å². The Kier molecular flexibility index (Phi) is 1.96. The molecule has 0 bridgehead atoms. The third-order valence-corrected chi connectivity index (χ3v) is 2.71. The largest absolute Gasteiger partial charge is 0.299 e. The van der Waals surface area contributed by atoms with Crippen molar-refractivity contribution in [2.75, 3.05) is 0 Å². The molecule has 0 spiro atoms. The molecule has 0 saturated carbocycles. The second kappa shape index (κ2) is 3.45. The van der Waals surface area contributed by atoms with Crippen LogP contribution in [-0.2, 0) is 0 Å².